The molecule has 1 heterocycles. The molecule has 0 unspecified atom stereocenters. The topological polar surface area (TPSA) is 27.3 Å². The Bertz CT molecular complexity index is 715. The third-order valence-electron chi connectivity index (χ3n) is 3.58. The van der Waals surface area contributed by atoms with E-state index >= 15 is 0 Å². The summed E-state index contributed by atoms with van der Waals surface area (Å²) in [6.07, 6.45) is 1.98. The van der Waals surface area contributed by atoms with Crippen LogP contribution in [0.15, 0.2) is 60.7 Å². The molecule has 0 radical (unpaired) electrons. The van der Waals surface area contributed by atoms with Gasteiger partial charge in [-0.1, -0.05) is 48.5 Å². The highest BCUT2D eigenvalue weighted by molar-refractivity contribution is 7.80. The number of hydrogen-bond acceptors (Lipinski definition) is 2. The van der Waals surface area contributed by atoms with Crippen molar-refractivity contribution in [2.45, 2.75) is 6.04 Å². The summed E-state index contributed by atoms with van der Waals surface area (Å²) < 4.78 is 14.2. The van der Waals surface area contributed by atoms with Gasteiger partial charge < -0.3 is 5.32 Å². The van der Waals surface area contributed by atoms with Crippen LogP contribution in [-0.4, -0.2) is 17.2 Å². The van der Waals surface area contributed by atoms with E-state index in [9.17, 15) is 4.39 Å². The second kappa shape index (κ2) is 6.15. The van der Waals surface area contributed by atoms with Crippen LogP contribution in [0.25, 0.3) is 5.70 Å². The predicted octanol–water partition coefficient (Wildman–Crippen LogP) is 3.23. The van der Waals surface area contributed by atoms with Crippen molar-refractivity contribution in [3.63, 3.8) is 0 Å². The van der Waals surface area contributed by atoms with E-state index < -0.39 is 0 Å². The summed E-state index contributed by atoms with van der Waals surface area (Å²) in [5, 5.41) is 5.21. The first-order valence-corrected chi connectivity index (χ1v) is 7.41. The molecule has 0 fully saturated rings. The molecular formula is C17H16FN3S. The molecule has 3 rings (SSSR count). The van der Waals surface area contributed by atoms with Crippen LogP contribution in [0, 0.1) is 5.82 Å². The lowest BCUT2D eigenvalue weighted by Crippen LogP contribution is -2.44. The fourth-order valence-electron chi connectivity index (χ4n) is 2.49. The van der Waals surface area contributed by atoms with Crippen molar-refractivity contribution in [2.24, 2.45) is 0 Å². The number of benzene rings is 2. The van der Waals surface area contributed by atoms with Gasteiger partial charge in [-0.25, -0.2) is 4.39 Å². The van der Waals surface area contributed by atoms with E-state index in [1.165, 1.54) is 6.07 Å². The van der Waals surface area contributed by atoms with Crippen LogP contribution >= 0.6 is 12.2 Å². The Labute approximate surface area is 134 Å². The molecular weight excluding hydrogens is 297 g/mol. The zero-order chi connectivity index (χ0) is 15.5. The molecule has 1 atom stereocenters. The Morgan fingerprint density at radius 2 is 1.82 bits per heavy atom. The zero-order valence-corrected chi connectivity index (χ0v) is 12.9. The maximum atomic E-state index is 14.2. The van der Waals surface area contributed by atoms with Crippen LogP contribution in [0.5, 0.6) is 0 Å². The molecule has 1 aliphatic rings. The molecule has 0 saturated carbocycles. The highest BCUT2D eigenvalue weighted by atomic mass is 32.1. The minimum absolute atomic E-state index is 0.247. The highest BCUT2D eigenvalue weighted by Crippen LogP contribution is 2.32. The van der Waals surface area contributed by atoms with E-state index in [2.05, 4.69) is 10.7 Å². The lowest BCUT2D eigenvalue weighted by Gasteiger charge is -2.27. The van der Waals surface area contributed by atoms with Gasteiger partial charge in [0.15, 0.2) is 5.11 Å². The number of hydrazine groups is 1. The first-order chi connectivity index (χ1) is 10.7. The van der Waals surface area contributed by atoms with Gasteiger partial charge in [-0.3, -0.25) is 10.4 Å². The molecule has 0 spiro atoms. The molecule has 1 aliphatic heterocycles. The Hall–Kier alpha value is -2.40. The molecule has 0 amide bonds. The van der Waals surface area contributed by atoms with Gasteiger partial charge in [-0.05, 0) is 29.9 Å². The van der Waals surface area contributed by atoms with Crippen molar-refractivity contribution in [3.8, 4) is 0 Å². The summed E-state index contributed by atoms with van der Waals surface area (Å²) in [6, 6.07) is 16.4. The average Bonchev–Trinajstić information content (AvgIpc) is 3.00. The first kappa shape index (κ1) is 14.5. The average molecular weight is 313 g/mol. The molecule has 112 valence electrons. The third-order valence-corrected chi connectivity index (χ3v) is 3.99. The van der Waals surface area contributed by atoms with Gasteiger partial charge in [-0.15, -0.1) is 0 Å². The maximum absolute atomic E-state index is 14.2. The largest absolute Gasteiger partial charge is 0.364 e. The smallest absolute Gasteiger partial charge is 0.188 e. The van der Waals surface area contributed by atoms with E-state index in [1.54, 1.807) is 24.2 Å². The lowest BCUT2D eigenvalue weighted by atomic mass is 10.0. The maximum Gasteiger partial charge on any atom is 0.188 e. The number of hydrogen-bond donors (Lipinski definition) is 2. The van der Waals surface area contributed by atoms with Gasteiger partial charge >= 0.3 is 0 Å². The number of rotatable bonds is 2. The van der Waals surface area contributed by atoms with Gasteiger partial charge in [-0.2, -0.15) is 0 Å². The van der Waals surface area contributed by atoms with Crippen molar-refractivity contribution in [1.82, 2.24) is 15.8 Å². The van der Waals surface area contributed by atoms with Crippen molar-refractivity contribution in [3.05, 3.63) is 77.6 Å². The van der Waals surface area contributed by atoms with Crippen molar-refractivity contribution < 1.29 is 4.39 Å². The molecule has 0 aliphatic carbocycles. The number of nitrogens with zero attached hydrogens (tertiary/aromatic N) is 1. The molecule has 2 N–H and O–H groups in total. The third kappa shape index (κ3) is 2.67. The molecule has 0 aromatic heterocycles. The van der Waals surface area contributed by atoms with E-state index in [1.807, 2.05) is 42.5 Å². The van der Waals surface area contributed by atoms with Gasteiger partial charge in [0.05, 0.1) is 5.70 Å². The van der Waals surface area contributed by atoms with Gasteiger partial charge in [0.25, 0.3) is 0 Å². The molecule has 0 saturated heterocycles. The minimum atomic E-state index is -0.295. The van der Waals surface area contributed by atoms with Crippen molar-refractivity contribution in [1.29, 1.82) is 0 Å². The molecule has 3 nitrogen and oxygen atoms in total. The SMILES string of the molecule is CNC(=S)N1NC(c2ccccc2)=C[C@@H]1c1ccccc1F. The zero-order valence-electron chi connectivity index (χ0n) is 12.1. The van der Waals surface area contributed by atoms with Gasteiger partial charge in [0, 0.05) is 12.6 Å². The molecule has 2 aromatic rings. The second-order valence-electron chi connectivity index (χ2n) is 4.95. The van der Waals surface area contributed by atoms with Crippen LogP contribution < -0.4 is 10.7 Å². The quantitative estimate of drug-likeness (QED) is 0.833. The predicted molar refractivity (Wildman–Crippen MR) is 90.2 cm³/mol. The Morgan fingerprint density at radius 1 is 1.14 bits per heavy atom. The van der Waals surface area contributed by atoms with Crippen molar-refractivity contribution in [2.75, 3.05) is 7.05 Å². The van der Waals surface area contributed by atoms with Crippen LogP contribution in [0.4, 0.5) is 4.39 Å². The fraction of sp³-hybridized carbons (Fsp3) is 0.118. The van der Waals surface area contributed by atoms with Crippen LogP contribution in [-0.2, 0) is 0 Å². The Kier molecular flexibility index (Phi) is 4.06. The monoisotopic (exact) mass is 313 g/mol. The van der Waals surface area contributed by atoms with E-state index in [-0.39, 0.29) is 11.9 Å². The summed E-state index contributed by atoms with van der Waals surface area (Å²) in [7, 11) is 1.75. The molecule has 5 heteroatoms. The standard InChI is InChI=1S/C17H16FN3S/c1-19-17(22)21-16(13-9-5-6-10-14(13)18)11-15(20-21)12-7-3-2-4-8-12/h2-11,16,20H,1H3,(H,19,22)/t16-/m1/s1. The normalized spacial score (nSPS) is 16.9. The second-order valence-corrected chi connectivity index (χ2v) is 5.34. The molecule has 2 aromatic carbocycles. The number of halogens is 1. The highest BCUT2D eigenvalue weighted by Gasteiger charge is 2.29. The van der Waals surface area contributed by atoms with Gasteiger partial charge in [0.1, 0.15) is 11.9 Å². The van der Waals surface area contributed by atoms with Crippen LogP contribution in [0.1, 0.15) is 17.2 Å². The molecule has 0 bridgehead atoms. The van der Waals surface area contributed by atoms with E-state index in [0.29, 0.717) is 10.7 Å². The first-order valence-electron chi connectivity index (χ1n) is 7.00. The van der Waals surface area contributed by atoms with Crippen molar-refractivity contribution >= 4 is 23.0 Å². The Morgan fingerprint density at radius 3 is 2.50 bits per heavy atom. The number of thiocarbonyl (C=S) groups is 1. The number of nitrogens with one attached hydrogen (secondary N) is 2. The van der Waals surface area contributed by atoms with Crippen LogP contribution in [0.3, 0.4) is 0 Å². The minimum Gasteiger partial charge on any atom is -0.364 e. The summed E-state index contributed by atoms with van der Waals surface area (Å²) >= 11 is 5.33. The summed E-state index contributed by atoms with van der Waals surface area (Å²) in [6.45, 7) is 0. The van der Waals surface area contributed by atoms with E-state index in [0.717, 1.165) is 11.3 Å². The molecule has 22 heavy (non-hydrogen) atoms. The fourth-order valence-corrected chi connectivity index (χ4v) is 2.65. The van der Waals surface area contributed by atoms with Crippen LogP contribution in [0.2, 0.25) is 0 Å². The summed E-state index contributed by atoms with van der Waals surface area (Å²) in [4.78, 5) is 0. The van der Waals surface area contributed by atoms with Gasteiger partial charge in [0.2, 0.25) is 0 Å². The lowest BCUT2D eigenvalue weighted by molar-refractivity contribution is 0.332. The summed E-state index contributed by atoms with van der Waals surface area (Å²) in [5.74, 6) is -0.247. The summed E-state index contributed by atoms with van der Waals surface area (Å²) in [5.41, 5.74) is 5.78. The Balaban J connectivity index is 2.01. The van der Waals surface area contributed by atoms with E-state index in [4.69, 9.17) is 12.2 Å².